The van der Waals surface area contributed by atoms with Crippen LogP contribution in [0, 0.1) is 6.92 Å². The van der Waals surface area contributed by atoms with Crippen LogP contribution in [0.3, 0.4) is 0 Å². The van der Waals surface area contributed by atoms with Crippen LogP contribution in [0.1, 0.15) is 28.9 Å². The number of aliphatic hydroxyl groups is 1. The lowest BCUT2D eigenvalue weighted by Crippen LogP contribution is -2.40. The Bertz CT molecular complexity index is 971. The standard InChI is InChI=1S/C22H29N7O2/c1-16-27-28-21(29(16)2)15-26-22(25-14-20(30)18-9-11-23-12-10-18)24-13-8-17-4-6-19(31-3)7-5-17/h4-7,9-12,20,30H,8,13-15H2,1-3H3,(H2,24,25,26). The van der Waals surface area contributed by atoms with Gasteiger partial charge < -0.3 is 25.0 Å². The van der Waals surface area contributed by atoms with E-state index in [4.69, 9.17) is 4.74 Å². The lowest BCUT2D eigenvalue weighted by molar-refractivity contribution is 0.180. The second-order valence-corrected chi connectivity index (χ2v) is 7.09. The third kappa shape index (κ3) is 6.51. The minimum atomic E-state index is -0.673. The van der Waals surface area contributed by atoms with Gasteiger partial charge in [0.25, 0.3) is 0 Å². The molecule has 3 rings (SSSR count). The summed E-state index contributed by atoms with van der Waals surface area (Å²) >= 11 is 0. The Hall–Kier alpha value is -3.46. The second kappa shape index (κ2) is 11.1. The van der Waals surface area contributed by atoms with Gasteiger partial charge in [0.05, 0.1) is 13.2 Å². The van der Waals surface area contributed by atoms with Gasteiger partial charge in [-0.2, -0.15) is 0 Å². The number of hydrogen-bond donors (Lipinski definition) is 3. The summed E-state index contributed by atoms with van der Waals surface area (Å²) in [5.74, 6) is 3.04. The summed E-state index contributed by atoms with van der Waals surface area (Å²) in [7, 11) is 3.57. The second-order valence-electron chi connectivity index (χ2n) is 7.09. The molecule has 0 aliphatic carbocycles. The van der Waals surface area contributed by atoms with Gasteiger partial charge in [-0.05, 0) is 48.7 Å². The van der Waals surface area contributed by atoms with Gasteiger partial charge in [0, 0.05) is 32.5 Å². The minimum absolute atomic E-state index is 0.316. The topological polar surface area (TPSA) is 109 Å². The van der Waals surface area contributed by atoms with E-state index < -0.39 is 6.10 Å². The van der Waals surface area contributed by atoms with Crippen molar-refractivity contribution in [3.05, 3.63) is 71.6 Å². The predicted octanol–water partition coefficient (Wildman–Crippen LogP) is 1.54. The zero-order valence-corrected chi connectivity index (χ0v) is 18.1. The van der Waals surface area contributed by atoms with Crippen LogP contribution in [0.25, 0.3) is 0 Å². The number of benzene rings is 1. The number of aliphatic imine (C=N–C) groups is 1. The van der Waals surface area contributed by atoms with Gasteiger partial charge >= 0.3 is 0 Å². The van der Waals surface area contributed by atoms with Gasteiger partial charge in [-0.15, -0.1) is 10.2 Å². The van der Waals surface area contributed by atoms with E-state index in [0.717, 1.165) is 29.4 Å². The maximum atomic E-state index is 10.4. The first-order chi connectivity index (χ1) is 15.1. The molecule has 0 fully saturated rings. The van der Waals surface area contributed by atoms with E-state index in [-0.39, 0.29) is 0 Å². The van der Waals surface area contributed by atoms with Gasteiger partial charge in [0.1, 0.15) is 18.1 Å². The Labute approximate surface area is 182 Å². The molecule has 1 unspecified atom stereocenters. The van der Waals surface area contributed by atoms with Crippen molar-refractivity contribution in [2.45, 2.75) is 26.0 Å². The van der Waals surface area contributed by atoms with E-state index in [1.807, 2.05) is 42.8 Å². The number of pyridine rings is 1. The molecule has 0 spiro atoms. The summed E-state index contributed by atoms with van der Waals surface area (Å²) in [6.07, 6.45) is 3.48. The molecule has 164 valence electrons. The number of methoxy groups -OCH3 is 1. The smallest absolute Gasteiger partial charge is 0.191 e. The van der Waals surface area contributed by atoms with Crippen LogP contribution in [-0.2, 0) is 20.0 Å². The van der Waals surface area contributed by atoms with Gasteiger partial charge in [0.2, 0.25) is 0 Å². The molecule has 0 amide bonds. The molecular formula is C22H29N7O2. The van der Waals surface area contributed by atoms with Crippen molar-refractivity contribution >= 4 is 5.96 Å². The Morgan fingerprint density at radius 3 is 2.52 bits per heavy atom. The summed E-state index contributed by atoms with van der Waals surface area (Å²) in [6, 6.07) is 11.6. The van der Waals surface area contributed by atoms with Crippen LogP contribution in [0.2, 0.25) is 0 Å². The molecule has 0 aliphatic heterocycles. The van der Waals surface area contributed by atoms with Gasteiger partial charge in [0.15, 0.2) is 11.8 Å². The van der Waals surface area contributed by atoms with Crippen LogP contribution >= 0.6 is 0 Å². The lowest BCUT2D eigenvalue weighted by atomic mass is 10.1. The van der Waals surface area contributed by atoms with Crippen LogP contribution < -0.4 is 15.4 Å². The maximum absolute atomic E-state index is 10.4. The Kier molecular flexibility index (Phi) is 7.94. The molecule has 9 nitrogen and oxygen atoms in total. The van der Waals surface area contributed by atoms with Crippen LogP contribution in [0.15, 0.2) is 53.8 Å². The highest BCUT2D eigenvalue weighted by molar-refractivity contribution is 5.79. The summed E-state index contributed by atoms with van der Waals surface area (Å²) in [6.45, 7) is 3.27. The van der Waals surface area contributed by atoms with Crippen molar-refractivity contribution < 1.29 is 9.84 Å². The van der Waals surface area contributed by atoms with Crippen molar-refractivity contribution in [3.63, 3.8) is 0 Å². The van der Waals surface area contributed by atoms with Crippen molar-refractivity contribution in [2.24, 2.45) is 12.0 Å². The lowest BCUT2D eigenvalue weighted by Gasteiger charge is -2.16. The van der Waals surface area contributed by atoms with E-state index in [2.05, 4.69) is 30.8 Å². The molecule has 3 aromatic rings. The maximum Gasteiger partial charge on any atom is 0.191 e. The highest BCUT2D eigenvalue weighted by atomic mass is 16.5. The Morgan fingerprint density at radius 2 is 1.87 bits per heavy atom. The third-order valence-corrected chi connectivity index (χ3v) is 4.98. The summed E-state index contributed by atoms with van der Waals surface area (Å²) in [5, 5.41) is 25.2. The summed E-state index contributed by atoms with van der Waals surface area (Å²) in [4.78, 5) is 8.61. The number of ether oxygens (including phenoxy) is 1. The molecule has 0 aliphatic rings. The number of aromatic nitrogens is 4. The summed E-state index contributed by atoms with van der Waals surface area (Å²) in [5.41, 5.74) is 1.98. The van der Waals surface area contributed by atoms with E-state index in [1.54, 1.807) is 31.6 Å². The molecular weight excluding hydrogens is 394 g/mol. The van der Waals surface area contributed by atoms with Crippen LogP contribution in [-0.4, -0.2) is 51.0 Å². The molecule has 2 aromatic heterocycles. The molecule has 31 heavy (non-hydrogen) atoms. The number of nitrogens with zero attached hydrogens (tertiary/aromatic N) is 5. The molecule has 0 saturated carbocycles. The molecule has 0 radical (unpaired) electrons. The molecule has 0 bridgehead atoms. The summed E-state index contributed by atoms with van der Waals surface area (Å²) < 4.78 is 7.11. The first kappa shape index (κ1) is 22.2. The van der Waals surface area contributed by atoms with E-state index in [0.29, 0.717) is 25.6 Å². The fourth-order valence-electron chi connectivity index (χ4n) is 2.93. The zero-order valence-electron chi connectivity index (χ0n) is 18.1. The fraction of sp³-hybridized carbons (Fsp3) is 0.364. The van der Waals surface area contributed by atoms with Gasteiger partial charge in [-0.1, -0.05) is 12.1 Å². The first-order valence-corrected chi connectivity index (χ1v) is 10.1. The van der Waals surface area contributed by atoms with E-state index in [9.17, 15) is 5.11 Å². The van der Waals surface area contributed by atoms with E-state index in [1.165, 1.54) is 5.56 Å². The monoisotopic (exact) mass is 423 g/mol. The number of hydrogen-bond acceptors (Lipinski definition) is 6. The predicted molar refractivity (Wildman–Crippen MR) is 119 cm³/mol. The molecule has 3 N–H and O–H groups in total. The molecule has 1 aromatic carbocycles. The minimum Gasteiger partial charge on any atom is -0.497 e. The highest BCUT2D eigenvalue weighted by Gasteiger charge is 2.10. The first-order valence-electron chi connectivity index (χ1n) is 10.1. The number of guanidine groups is 1. The molecule has 2 heterocycles. The van der Waals surface area contributed by atoms with Gasteiger partial charge in [-0.3, -0.25) is 4.98 Å². The van der Waals surface area contributed by atoms with Crippen molar-refractivity contribution in [3.8, 4) is 5.75 Å². The van der Waals surface area contributed by atoms with Crippen molar-refractivity contribution in [2.75, 3.05) is 20.2 Å². The van der Waals surface area contributed by atoms with Crippen LogP contribution in [0.4, 0.5) is 0 Å². The van der Waals surface area contributed by atoms with Crippen LogP contribution in [0.5, 0.6) is 5.75 Å². The highest BCUT2D eigenvalue weighted by Crippen LogP contribution is 2.11. The third-order valence-electron chi connectivity index (χ3n) is 4.98. The Morgan fingerprint density at radius 1 is 1.13 bits per heavy atom. The number of rotatable bonds is 9. The normalized spacial score (nSPS) is 12.5. The Balaban J connectivity index is 1.61. The largest absolute Gasteiger partial charge is 0.497 e. The van der Waals surface area contributed by atoms with Crippen molar-refractivity contribution in [1.82, 2.24) is 30.4 Å². The average molecular weight is 424 g/mol. The number of aryl methyl sites for hydroxylation is 1. The number of aliphatic hydroxyl groups excluding tert-OH is 1. The fourth-order valence-corrected chi connectivity index (χ4v) is 2.93. The van der Waals surface area contributed by atoms with Gasteiger partial charge in [-0.25, -0.2) is 4.99 Å². The quantitative estimate of drug-likeness (QED) is 0.354. The molecule has 0 saturated heterocycles. The molecule has 9 heteroatoms. The van der Waals surface area contributed by atoms with Crippen molar-refractivity contribution in [1.29, 1.82) is 0 Å². The molecule has 1 atom stereocenters. The average Bonchev–Trinajstić information content (AvgIpc) is 3.13. The van der Waals surface area contributed by atoms with E-state index >= 15 is 0 Å². The zero-order chi connectivity index (χ0) is 22.1. The SMILES string of the molecule is COc1ccc(CCNC(=NCc2nnc(C)n2C)NCC(O)c2ccncc2)cc1. The number of nitrogens with one attached hydrogen (secondary N) is 2.